The first-order chi connectivity index (χ1) is 9.08. The summed E-state index contributed by atoms with van der Waals surface area (Å²) in [4.78, 5) is 18.0. The summed E-state index contributed by atoms with van der Waals surface area (Å²) in [6.45, 7) is 4.17. The lowest BCUT2D eigenvalue weighted by Gasteiger charge is -2.23. The van der Waals surface area contributed by atoms with Gasteiger partial charge in [-0.3, -0.25) is 9.69 Å². The molecule has 0 aliphatic rings. The van der Waals surface area contributed by atoms with E-state index in [2.05, 4.69) is 22.1 Å². The van der Waals surface area contributed by atoms with Crippen molar-refractivity contribution in [2.45, 2.75) is 25.9 Å². The summed E-state index contributed by atoms with van der Waals surface area (Å²) in [5, 5.41) is 3.20. The molecule has 0 aromatic carbocycles. The molecule has 0 saturated heterocycles. The molecule has 1 heterocycles. The number of esters is 1. The second kappa shape index (κ2) is 7.91. The summed E-state index contributed by atoms with van der Waals surface area (Å²) in [6.07, 6.45) is 4.67. The third-order valence-corrected chi connectivity index (χ3v) is 2.95. The number of carbonyl (C=O) groups is 1. The lowest BCUT2D eigenvalue weighted by Crippen LogP contribution is -2.46. The van der Waals surface area contributed by atoms with Gasteiger partial charge < -0.3 is 14.6 Å². The van der Waals surface area contributed by atoms with Gasteiger partial charge in [-0.15, -0.1) is 0 Å². The highest BCUT2D eigenvalue weighted by Gasteiger charge is 2.20. The number of aryl methyl sites for hydroxylation is 1. The minimum absolute atomic E-state index is 0.222. The molecular weight excluding hydrogens is 244 g/mol. The van der Waals surface area contributed by atoms with Crippen molar-refractivity contribution in [3.63, 3.8) is 0 Å². The van der Waals surface area contributed by atoms with E-state index in [1.165, 1.54) is 7.11 Å². The second-order valence-corrected chi connectivity index (χ2v) is 4.68. The molecule has 1 aromatic rings. The fourth-order valence-corrected chi connectivity index (χ4v) is 1.85. The van der Waals surface area contributed by atoms with Crippen LogP contribution in [0, 0.1) is 0 Å². The highest BCUT2D eigenvalue weighted by atomic mass is 16.5. The number of imidazole rings is 1. The molecule has 0 aliphatic carbocycles. The molecule has 0 saturated carbocycles. The number of ether oxygens (including phenoxy) is 1. The van der Waals surface area contributed by atoms with Gasteiger partial charge >= 0.3 is 5.97 Å². The lowest BCUT2D eigenvalue weighted by atomic mass is 10.2. The number of likely N-dealkylation sites (N-methyl/N-ethyl adjacent to an activating group) is 1. The van der Waals surface area contributed by atoms with E-state index in [9.17, 15) is 4.79 Å². The standard InChI is InChI=1S/C13H24N4O2/c1-5-6-14-11(13(18)19-4)9-16(2)10-12-15-7-8-17(12)3/h7-8,11,14H,5-6,9-10H2,1-4H3. The first kappa shape index (κ1) is 15.7. The summed E-state index contributed by atoms with van der Waals surface area (Å²) in [6, 6.07) is -0.296. The van der Waals surface area contributed by atoms with E-state index < -0.39 is 0 Å². The highest BCUT2D eigenvalue weighted by Crippen LogP contribution is 2.01. The van der Waals surface area contributed by atoms with Gasteiger partial charge in [0.25, 0.3) is 0 Å². The summed E-state index contributed by atoms with van der Waals surface area (Å²) in [5.74, 6) is 0.752. The number of carbonyl (C=O) groups excluding carboxylic acids is 1. The largest absolute Gasteiger partial charge is 0.468 e. The maximum absolute atomic E-state index is 11.7. The Bertz CT molecular complexity index is 392. The van der Waals surface area contributed by atoms with Gasteiger partial charge in [-0.1, -0.05) is 6.92 Å². The SMILES string of the molecule is CCCNC(CN(C)Cc1nccn1C)C(=O)OC. The summed E-state index contributed by atoms with van der Waals surface area (Å²) < 4.78 is 6.80. The Balaban J connectivity index is 2.52. The van der Waals surface area contributed by atoms with Crippen LogP contribution in [0.5, 0.6) is 0 Å². The first-order valence-electron chi connectivity index (χ1n) is 6.54. The van der Waals surface area contributed by atoms with E-state index in [0.29, 0.717) is 13.1 Å². The Labute approximate surface area is 114 Å². The Morgan fingerprint density at radius 1 is 1.63 bits per heavy atom. The molecule has 6 heteroatoms. The fourth-order valence-electron chi connectivity index (χ4n) is 1.85. The van der Waals surface area contributed by atoms with Gasteiger partial charge in [0.15, 0.2) is 0 Å². The number of hydrogen-bond donors (Lipinski definition) is 1. The molecule has 0 spiro atoms. The number of methoxy groups -OCH3 is 1. The van der Waals surface area contributed by atoms with Crippen LogP contribution in [0.3, 0.4) is 0 Å². The summed E-state index contributed by atoms with van der Waals surface area (Å²) >= 11 is 0. The predicted molar refractivity (Wildman–Crippen MR) is 73.6 cm³/mol. The van der Waals surface area contributed by atoms with Gasteiger partial charge in [0.2, 0.25) is 0 Å². The maximum atomic E-state index is 11.7. The molecule has 1 atom stereocenters. The zero-order valence-electron chi connectivity index (χ0n) is 12.2. The van der Waals surface area contributed by atoms with Crippen LogP contribution in [0.4, 0.5) is 0 Å². The van der Waals surface area contributed by atoms with Crippen LogP contribution in [-0.2, 0) is 23.1 Å². The molecule has 0 bridgehead atoms. The first-order valence-corrected chi connectivity index (χ1v) is 6.54. The Morgan fingerprint density at radius 2 is 2.37 bits per heavy atom. The molecule has 1 aromatic heterocycles. The van der Waals surface area contributed by atoms with Crippen molar-refractivity contribution in [2.75, 3.05) is 27.2 Å². The molecule has 1 rings (SSSR count). The van der Waals surface area contributed by atoms with Crippen molar-refractivity contribution in [1.82, 2.24) is 19.8 Å². The average molecular weight is 268 g/mol. The molecule has 0 amide bonds. The van der Waals surface area contributed by atoms with E-state index in [4.69, 9.17) is 4.74 Å². The summed E-state index contributed by atoms with van der Waals surface area (Å²) in [7, 11) is 5.35. The van der Waals surface area contributed by atoms with Crippen LogP contribution in [0.1, 0.15) is 19.2 Å². The van der Waals surface area contributed by atoms with Crippen molar-refractivity contribution in [1.29, 1.82) is 0 Å². The van der Waals surface area contributed by atoms with Gasteiger partial charge in [0.1, 0.15) is 11.9 Å². The normalized spacial score (nSPS) is 12.7. The number of rotatable bonds is 8. The third-order valence-electron chi connectivity index (χ3n) is 2.95. The number of hydrogen-bond acceptors (Lipinski definition) is 5. The Kier molecular flexibility index (Phi) is 6.52. The monoisotopic (exact) mass is 268 g/mol. The molecule has 1 N–H and O–H groups in total. The van der Waals surface area contributed by atoms with Crippen molar-refractivity contribution in [2.24, 2.45) is 7.05 Å². The highest BCUT2D eigenvalue weighted by molar-refractivity contribution is 5.75. The van der Waals surface area contributed by atoms with E-state index in [0.717, 1.165) is 18.8 Å². The van der Waals surface area contributed by atoms with Crippen LogP contribution in [0.25, 0.3) is 0 Å². The van der Waals surface area contributed by atoms with Gasteiger partial charge in [0.05, 0.1) is 13.7 Å². The fraction of sp³-hybridized carbons (Fsp3) is 0.692. The molecule has 108 valence electrons. The van der Waals surface area contributed by atoms with E-state index in [-0.39, 0.29) is 12.0 Å². The lowest BCUT2D eigenvalue weighted by molar-refractivity contribution is -0.143. The van der Waals surface area contributed by atoms with Gasteiger partial charge in [-0.25, -0.2) is 4.98 Å². The van der Waals surface area contributed by atoms with Crippen LogP contribution < -0.4 is 5.32 Å². The van der Waals surface area contributed by atoms with Crippen molar-refractivity contribution in [3.05, 3.63) is 18.2 Å². The van der Waals surface area contributed by atoms with Gasteiger partial charge in [0, 0.05) is 26.0 Å². The molecular formula is C13H24N4O2. The maximum Gasteiger partial charge on any atom is 0.324 e. The zero-order valence-corrected chi connectivity index (χ0v) is 12.2. The van der Waals surface area contributed by atoms with E-state index in [1.54, 1.807) is 6.20 Å². The number of nitrogens with one attached hydrogen (secondary N) is 1. The van der Waals surface area contributed by atoms with Crippen molar-refractivity contribution >= 4 is 5.97 Å². The van der Waals surface area contributed by atoms with Crippen molar-refractivity contribution in [3.8, 4) is 0 Å². The van der Waals surface area contributed by atoms with E-state index in [1.807, 2.05) is 24.9 Å². The van der Waals surface area contributed by atoms with Gasteiger partial charge in [-0.2, -0.15) is 0 Å². The minimum atomic E-state index is -0.296. The zero-order chi connectivity index (χ0) is 14.3. The van der Waals surface area contributed by atoms with Crippen LogP contribution >= 0.6 is 0 Å². The quantitative estimate of drug-likeness (QED) is 0.691. The Hall–Kier alpha value is -1.40. The van der Waals surface area contributed by atoms with Crippen LogP contribution in [-0.4, -0.2) is 53.7 Å². The third kappa shape index (κ3) is 5.00. The average Bonchev–Trinajstić information content (AvgIpc) is 2.79. The number of aromatic nitrogens is 2. The molecule has 0 aliphatic heterocycles. The summed E-state index contributed by atoms with van der Waals surface area (Å²) in [5.41, 5.74) is 0. The second-order valence-electron chi connectivity index (χ2n) is 4.68. The Morgan fingerprint density at radius 3 is 2.89 bits per heavy atom. The molecule has 6 nitrogen and oxygen atoms in total. The molecule has 0 fully saturated rings. The van der Waals surface area contributed by atoms with Crippen LogP contribution in [0.15, 0.2) is 12.4 Å². The molecule has 1 unspecified atom stereocenters. The number of nitrogens with zero attached hydrogens (tertiary/aromatic N) is 3. The smallest absolute Gasteiger partial charge is 0.324 e. The molecule has 0 radical (unpaired) electrons. The minimum Gasteiger partial charge on any atom is -0.468 e. The van der Waals surface area contributed by atoms with Crippen molar-refractivity contribution < 1.29 is 9.53 Å². The molecule has 19 heavy (non-hydrogen) atoms. The van der Waals surface area contributed by atoms with E-state index >= 15 is 0 Å². The van der Waals surface area contributed by atoms with Gasteiger partial charge in [-0.05, 0) is 20.0 Å². The predicted octanol–water partition coefficient (Wildman–Crippen LogP) is 0.393. The van der Waals surface area contributed by atoms with Crippen LogP contribution in [0.2, 0.25) is 0 Å². The topological polar surface area (TPSA) is 59.4 Å².